The Balaban J connectivity index is 0.00000385. The van der Waals surface area contributed by atoms with Gasteiger partial charge in [0.2, 0.25) is 5.91 Å². The number of nitrogens with zero attached hydrogens (tertiary/aromatic N) is 2. The molecule has 4 N–H and O–H groups in total. The van der Waals surface area contributed by atoms with E-state index in [1.54, 1.807) is 0 Å². The number of carbonyl (C=O) groups is 1. The van der Waals surface area contributed by atoms with E-state index < -0.39 is 0 Å². The fraction of sp³-hybridized carbons (Fsp3) is 0.440. The second kappa shape index (κ2) is 14.2. The van der Waals surface area contributed by atoms with Gasteiger partial charge < -0.3 is 21.1 Å². The first-order valence-electron chi connectivity index (χ1n) is 11.4. The lowest BCUT2D eigenvalue weighted by molar-refractivity contribution is -0.116. The van der Waals surface area contributed by atoms with E-state index >= 15 is 0 Å². The maximum absolute atomic E-state index is 12.3. The Morgan fingerprint density at radius 2 is 1.85 bits per heavy atom. The summed E-state index contributed by atoms with van der Waals surface area (Å²) in [6, 6.07) is 16.0. The number of nitrogens with one attached hydrogen (secondary N) is 2. The van der Waals surface area contributed by atoms with Gasteiger partial charge in [0.1, 0.15) is 0 Å². The molecule has 0 aliphatic carbocycles. The Morgan fingerprint density at radius 1 is 1.12 bits per heavy atom. The third-order valence-corrected chi connectivity index (χ3v) is 5.77. The quantitative estimate of drug-likeness (QED) is 0.238. The number of anilines is 2. The summed E-state index contributed by atoms with van der Waals surface area (Å²) >= 11 is 0. The lowest BCUT2D eigenvalue weighted by Crippen LogP contribution is -2.38. The molecule has 1 fully saturated rings. The number of aliphatic imine (C=N–C) groups is 1. The van der Waals surface area contributed by atoms with Gasteiger partial charge in [-0.1, -0.05) is 38.1 Å². The highest BCUT2D eigenvalue weighted by atomic mass is 127. The van der Waals surface area contributed by atoms with Crippen LogP contribution in [0.3, 0.4) is 0 Å². The molecule has 8 heteroatoms. The van der Waals surface area contributed by atoms with Crippen molar-refractivity contribution in [1.29, 1.82) is 0 Å². The second-order valence-electron chi connectivity index (χ2n) is 8.21. The van der Waals surface area contributed by atoms with Crippen molar-refractivity contribution in [3.63, 3.8) is 0 Å². The number of carbonyl (C=O) groups excluding carboxylic acids is 1. The molecular formula is C25H36IN5O2. The SMILES string of the molecule is CCC(C)c1ccc(NC(N)=NCc2cccc(NC(=O)CCN3CCOCC3)c2)cc1.I. The Morgan fingerprint density at radius 3 is 2.55 bits per heavy atom. The molecule has 1 atom stereocenters. The number of hydrogen-bond donors (Lipinski definition) is 3. The van der Waals surface area contributed by atoms with Crippen LogP contribution in [0.25, 0.3) is 0 Å². The van der Waals surface area contributed by atoms with Crippen LogP contribution < -0.4 is 16.4 Å². The van der Waals surface area contributed by atoms with Crippen molar-refractivity contribution in [2.75, 3.05) is 43.5 Å². The van der Waals surface area contributed by atoms with Crippen molar-refractivity contribution in [1.82, 2.24) is 4.90 Å². The monoisotopic (exact) mass is 565 g/mol. The molecule has 1 saturated heterocycles. The van der Waals surface area contributed by atoms with Gasteiger partial charge in [0.15, 0.2) is 5.96 Å². The van der Waals surface area contributed by atoms with Gasteiger partial charge in [-0.2, -0.15) is 0 Å². The van der Waals surface area contributed by atoms with Crippen molar-refractivity contribution in [2.45, 2.75) is 39.2 Å². The molecule has 0 spiro atoms. The van der Waals surface area contributed by atoms with Gasteiger partial charge in [-0.3, -0.25) is 9.69 Å². The number of rotatable bonds is 9. The van der Waals surface area contributed by atoms with Crippen LogP contribution in [-0.2, 0) is 16.1 Å². The van der Waals surface area contributed by atoms with Crippen molar-refractivity contribution >= 4 is 47.2 Å². The maximum atomic E-state index is 12.3. The Labute approximate surface area is 214 Å². The van der Waals surface area contributed by atoms with Crippen LogP contribution in [0.2, 0.25) is 0 Å². The minimum atomic E-state index is 0. The average molecular weight is 566 g/mol. The van der Waals surface area contributed by atoms with Crippen LogP contribution in [0, 0.1) is 0 Å². The van der Waals surface area contributed by atoms with Gasteiger partial charge in [-0.05, 0) is 47.7 Å². The zero-order valence-corrected chi connectivity index (χ0v) is 21.9. The van der Waals surface area contributed by atoms with E-state index in [0.717, 1.165) is 56.2 Å². The van der Waals surface area contributed by atoms with Gasteiger partial charge in [0.25, 0.3) is 0 Å². The molecule has 0 saturated carbocycles. The van der Waals surface area contributed by atoms with Gasteiger partial charge in [0, 0.05) is 37.4 Å². The molecule has 2 aromatic carbocycles. The summed E-state index contributed by atoms with van der Waals surface area (Å²) in [6.45, 7) is 8.85. The number of amides is 1. The maximum Gasteiger partial charge on any atom is 0.225 e. The van der Waals surface area contributed by atoms with Gasteiger partial charge >= 0.3 is 0 Å². The molecule has 0 radical (unpaired) electrons. The molecule has 2 aromatic rings. The molecule has 0 bridgehead atoms. The van der Waals surface area contributed by atoms with E-state index in [1.807, 2.05) is 36.4 Å². The molecular weight excluding hydrogens is 529 g/mol. The lowest BCUT2D eigenvalue weighted by Gasteiger charge is -2.26. The van der Waals surface area contributed by atoms with Crippen molar-refractivity contribution in [3.05, 3.63) is 59.7 Å². The molecule has 1 heterocycles. The molecule has 1 amide bonds. The van der Waals surface area contributed by atoms with Gasteiger partial charge in [0.05, 0.1) is 19.8 Å². The zero-order valence-electron chi connectivity index (χ0n) is 19.5. The van der Waals surface area contributed by atoms with E-state index in [1.165, 1.54) is 5.56 Å². The standard InChI is InChI=1S/C25H35N5O2.HI/c1-3-19(2)21-7-9-22(10-8-21)29-25(26)27-18-20-5-4-6-23(17-20)28-24(31)11-12-30-13-15-32-16-14-30;/h4-10,17,19H,3,11-16,18H2,1-2H3,(H,28,31)(H3,26,27,29);1H. The highest BCUT2D eigenvalue weighted by Gasteiger charge is 2.12. The van der Waals surface area contributed by atoms with E-state index in [2.05, 4.69) is 46.5 Å². The summed E-state index contributed by atoms with van der Waals surface area (Å²) in [5.41, 5.74) is 10.1. The van der Waals surface area contributed by atoms with Gasteiger partial charge in [-0.15, -0.1) is 24.0 Å². The fourth-order valence-corrected chi connectivity index (χ4v) is 3.55. The molecule has 180 valence electrons. The van der Waals surface area contributed by atoms with Crippen molar-refractivity contribution < 1.29 is 9.53 Å². The number of guanidine groups is 1. The Kier molecular flexibility index (Phi) is 11.6. The summed E-state index contributed by atoms with van der Waals surface area (Å²) in [5, 5.41) is 6.11. The highest BCUT2D eigenvalue weighted by molar-refractivity contribution is 14.0. The number of halogens is 1. The fourth-order valence-electron chi connectivity index (χ4n) is 3.55. The molecule has 33 heavy (non-hydrogen) atoms. The first kappa shape index (κ1) is 27.1. The normalized spacial score (nSPS) is 15.4. The molecule has 7 nitrogen and oxygen atoms in total. The topological polar surface area (TPSA) is 92.0 Å². The van der Waals surface area contributed by atoms with Crippen LogP contribution in [-0.4, -0.2) is 49.6 Å². The first-order chi connectivity index (χ1) is 15.5. The van der Waals surface area contributed by atoms with E-state index in [4.69, 9.17) is 10.5 Å². The number of benzene rings is 2. The molecule has 0 aromatic heterocycles. The smallest absolute Gasteiger partial charge is 0.225 e. The number of nitrogens with two attached hydrogens (primary N) is 1. The van der Waals surface area contributed by atoms with Crippen LogP contribution in [0.15, 0.2) is 53.5 Å². The minimum absolute atomic E-state index is 0. The zero-order chi connectivity index (χ0) is 22.8. The summed E-state index contributed by atoms with van der Waals surface area (Å²) in [4.78, 5) is 19.0. The number of morpholine rings is 1. The minimum Gasteiger partial charge on any atom is -0.379 e. The third-order valence-electron chi connectivity index (χ3n) is 5.77. The predicted molar refractivity (Wildman–Crippen MR) is 146 cm³/mol. The largest absolute Gasteiger partial charge is 0.379 e. The van der Waals surface area contributed by atoms with Gasteiger partial charge in [-0.25, -0.2) is 4.99 Å². The van der Waals surface area contributed by atoms with E-state index in [0.29, 0.717) is 24.8 Å². The van der Waals surface area contributed by atoms with Crippen LogP contribution >= 0.6 is 24.0 Å². The Hall–Kier alpha value is -2.17. The second-order valence-corrected chi connectivity index (χ2v) is 8.21. The first-order valence-corrected chi connectivity index (χ1v) is 11.4. The van der Waals surface area contributed by atoms with E-state index in [9.17, 15) is 4.79 Å². The van der Waals surface area contributed by atoms with Crippen molar-refractivity contribution in [2.24, 2.45) is 10.7 Å². The summed E-state index contributed by atoms with van der Waals surface area (Å²) in [6.07, 6.45) is 1.58. The van der Waals surface area contributed by atoms with E-state index in [-0.39, 0.29) is 29.9 Å². The summed E-state index contributed by atoms with van der Waals surface area (Å²) < 4.78 is 5.34. The third kappa shape index (κ3) is 9.30. The molecule has 3 rings (SSSR count). The number of hydrogen-bond acceptors (Lipinski definition) is 4. The Bertz CT molecular complexity index is 898. The average Bonchev–Trinajstić information content (AvgIpc) is 2.82. The van der Waals surface area contributed by atoms with Crippen LogP contribution in [0.4, 0.5) is 11.4 Å². The van der Waals surface area contributed by atoms with Crippen LogP contribution in [0.5, 0.6) is 0 Å². The highest BCUT2D eigenvalue weighted by Crippen LogP contribution is 2.20. The number of ether oxygens (including phenoxy) is 1. The van der Waals surface area contributed by atoms with Crippen LogP contribution in [0.1, 0.15) is 43.7 Å². The molecule has 1 aliphatic heterocycles. The summed E-state index contributed by atoms with van der Waals surface area (Å²) in [7, 11) is 0. The molecule has 1 unspecified atom stereocenters. The molecule has 1 aliphatic rings. The summed E-state index contributed by atoms with van der Waals surface area (Å²) in [5.74, 6) is 0.919. The lowest BCUT2D eigenvalue weighted by atomic mass is 9.99. The predicted octanol–water partition coefficient (Wildman–Crippen LogP) is 4.41. The van der Waals surface area contributed by atoms with Crippen molar-refractivity contribution in [3.8, 4) is 0 Å².